The highest BCUT2D eigenvalue weighted by molar-refractivity contribution is 7.92. The second-order valence-electron chi connectivity index (χ2n) is 9.82. The fourth-order valence-corrected chi connectivity index (χ4v) is 5.89. The average Bonchev–Trinajstić information content (AvgIpc) is 2.99. The topological polar surface area (TPSA) is 114 Å². The molecule has 0 saturated heterocycles. The summed E-state index contributed by atoms with van der Waals surface area (Å²) in [5.41, 5.74) is 0.870. The maximum Gasteiger partial charge on any atom is 0.264 e. The van der Waals surface area contributed by atoms with E-state index in [2.05, 4.69) is 5.32 Å². The molecule has 0 saturated carbocycles. The lowest BCUT2D eigenvalue weighted by Gasteiger charge is -2.34. The number of nitrogens with one attached hydrogen (secondary N) is 1. The summed E-state index contributed by atoms with van der Waals surface area (Å²) in [6, 6.07) is 18.7. The molecule has 2 amide bonds. The van der Waals surface area contributed by atoms with Gasteiger partial charge in [-0.05, 0) is 62.2 Å². The summed E-state index contributed by atoms with van der Waals surface area (Å²) in [5.74, 6) is 0.358. The third-order valence-electron chi connectivity index (χ3n) is 6.59. The molecule has 0 bridgehead atoms. The molecule has 0 aliphatic heterocycles. The van der Waals surface area contributed by atoms with Crippen LogP contribution in [-0.4, -0.2) is 65.1 Å². The number of rotatable bonds is 14. The van der Waals surface area contributed by atoms with Gasteiger partial charge in [0, 0.05) is 18.7 Å². The molecule has 10 nitrogen and oxygen atoms in total. The summed E-state index contributed by atoms with van der Waals surface area (Å²) < 4.78 is 45.3. The monoisotopic (exact) mass is 597 g/mol. The van der Waals surface area contributed by atoms with Crippen molar-refractivity contribution in [2.24, 2.45) is 0 Å². The lowest BCUT2D eigenvalue weighted by Crippen LogP contribution is -2.53. The van der Waals surface area contributed by atoms with E-state index in [1.165, 1.54) is 37.3 Å². The molecule has 0 spiro atoms. The van der Waals surface area contributed by atoms with E-state index < -0.39 is 28.5 Å². The lowest BCUT2D eigenvalue weighted by molar-refractivity contribution is -0.140. The molecular weight excluding hydrogens is 558 g/mol. The molecule has 0 radical (unpaired) electrons. The van der Waals surface area contributed by atoms with Crippen LogP contribution in [0.3, 0.4) is 0 Å². The number of nitrogens with zero attached hydrogens (tertiary/aromatic N) is 2. The Morgan fingerprint density at radius 1 is 0.857 bits per heavy atom. The summed E-state index contributed by atoms with van der Waals surface area (Å²) in [7, 11) is 0.175. The molecule has 0 fully saturated rings. The van der Waals surface area contributed by atoms with Crippen molar-refractivity contribution in [1.82, 2.24) is 10.2 Å². The van der Waals surface area contributed by atoms with Crippen LogP contribution < -0.4 is 23.8 Å². The van der Waals surface area contributed by atoms with E-state index in [-0.39, 0.29) is 34.8 Å². The fourth-order valence-electron chi connectivity index (χ4n) is 4.45. The van der Waals surface area contributed by atoms with Crippen LogP contribution in [0.25, 0.3) is 0 Å². The highest BCUT2D eigenvalue weighted by Crippen LogP contribution is 2.36. The average molecular weight is 598 g/mol. The van der Waals surface area contributed by atoms with Gasteiger partial charge in [0.1, 0.15) is 29.8 Å². The smallest absolute Gasteiger partial charge is 0.264 e. The minimum atomic E-state index is -4.26. The Balaban J connectivity index is 2.13. The zero-order valence-corrected chi connectivity index (χ0v) is 25.7. The first kappa shape index (κ1) is 32.3. The van der Waals surface area contributed by atoms with E-state index in [1.54, 1.807) is 61.7 Å². The van der Waals surface area contributed by atoms with Gasteiger partial charge in [0.05, 0.1) is 31.9 Å². The molecule has 1 unspecified atom stereocenters. The second kappa shape index (κ2) is 14.6. The van der Waals surface area contributed by atoms with Crippen LogP contribution in [0.1, 0.15) is 32.8 Å². The van der Waals surface area contributed by atoms with Crippen molar-refractivity contribution in [3.8, 4) is 17.2 Å². The van der Waals surface area contributed by atoms with Gasteiger partial charge in [-0.1, -0.05) is 37.3 Å². The van der Waals surface area contributed by atoms with Gasteiger partial charge in [0.2, 0.25) is 11.8 Å². The van der Waals surface area contributed by atoms with Gasteiger partial charge in [-0.3, -0.25) is 13.9 Å². The fraction of sp³-hybridized carbons (Fsp3) is 0.355. The number of amides is 2. The number of carbonyl (C=O) groups is 2. The molecule has 0 heterocycles. The molecule has 11 heteroatoms. The van der Waals surface area contributed by atoms with Crippen molar-refractivity contribution in [2.75, 3.05) is 32.2 Å². The van der Waals surface area contributed by atoms with E-state index in [4.69, 9.17) is 14.2 Å². The van der Waals surface area contributed by atoms with E-state index in [9.17, 15) is 18.0 Å². The number of methoxy groups -OCH3 is 3. The van der Waals surface area contributed by atoms with Crippen molar-refractivity contribution in [3.05, 3.63) is 78.4 Å². The van der Waals surface area contributed by atoms with Crippen LogP contribution in [0.2, 0.25) is 0 Å². The maximum atomic E-state index is 14.2. The van der Waals surface area contributed by atoms with Gasteiger partial charge in [-0.2, -0.15) is 0 Å². The normalized spacial score (nSPS) is 11.9. The Bertz CT molecular complexity index is 1450. The van der Waals surface area contributed by atoms with E-state index in [0.717, 1.165) is 9.87 Å². The van der Waals surface area contributed by atoms with E-state index >= 15 is 0 Å². The predicted octanol–water partition coefficient (Wildman–Crippen LogP) is 4.24. The first-order valence-corrected chi connectivity index (χ1v) is 15.0. The van der Waals surface area contributed by atoms with E-state index in [1.807, 2.05) is 20.8 Å². The first-order valence-electron chi connectivity index (χ1n) is 13.6. The quantitative estimate of drug-likeness (QED) is 0.296. The Morgan fingerprint density at radius 3 is 2.02 bits per heavy atom. The summed E-state index contributed by atoms with van der Waals surface area (Å²) >= 11 is 0. The first-order chi connectivity index (χ1) is 20.0. The number of sulfonamides is 1. The highest BCUT2D eigenvalue weighted by atomic mass is 32.2. The zero-order chi connectivity index (χ0) is 30.9. The van der Waals surface area contributed by atoms with Crippen LogP contribution in [0.15, 0.2) is 77.7 Å². The van der Waals surface area contributed by atoms with E-state index in [0.29, 0.717) is 17.9 Å². The molecule has 0 aliphatic rings. The number of benzene rings is 3. The number of anilines is 1. The Hall–Kier alpha value is -4.25. The van der Waals surface area contributed by atoms with Crippen molar-refractivity contribution >= 4 is 27.5 Å². The SMILES string of the molecule is CCC(C(=O)NC(C)C)N(Cc1ccc(OC)cc1)C(=O)CN(c1cc(OC)ccc1OC)S(=O)(=O)c1ccccc1. The van der Waals surface area contributed by atoms with Gasteiger partial charge < -0.3 is 24.4 Å². The number of carbonyl (C=O) groups excluding carboxylic acids is 2. The summed E-state index contributed by atoms with van der Waals surface area (Å²) in [6.07, 6.45) is 0.314. The molecule has 0 aromatic heterocycles. The second-order valence-corrected chi connectivity index (χ2v) is 11.7. The number of hydrogen-bond acceptors (Lipinski definition) is 7. The van der Waals surface area contributed by atoms with Gasteiger partial charge >= 0.3 is 0 Å². The molecular formula is C31H39N3O7S. The van der Waals surface area contributed by atoms with Crippen molar-refractivity contribution < 1.29 is 32.2 Å². The summed E-state index contributed by atoms with van der Waals surface area (Å²) in [4.78, 5) is 28.9. The molecule has 1 N–H and O–H groups in total. The molecule has 0 aliphatic carbocycles. The van der Waals surface area contributed by atoms with Crippen LogP contribution >= 0.6 is 0 Å². The molecule has 3 aromatic rings. The van der Waals surface area contributed by atoms with Crippen molar-refractivity contribution in [1.29, 1.82) is 0 Å². The maximum absolute atomic E-state index is 14.2. The van der Waals surface area contributed by atoms with Crippen LogP contribution in [0.4, 0.5) is 5.69 Å². The largest absolute Gasteiger partial charge is 0.497 e. The molecule has 1 atom stereocenters. The Kier molecular flexibility index (Phi) is 11.2. The standard InChI is InChI=1S/C31H39N3O7S/c1-7-27(31(36)32-22(2)3)33(20-23-13-15-24(39-4)16-14-23)30(35)21-34(42(37,38)26-11-9-8-10-12-26)28-19-25(40-5)17-18-29(28)41-6/h8-19,22,27H,7,20-21H2,1-6H3,(H,32,36). The molecule has 42 heavy (non-hydrogen) atoms. The van der Waals surface area contributed by atoms with Crippen LogP contribution in [-0.2, 0) is 26.2 Å². The third-order valence-corrected chi connectivity index (χ3v) is 8.37. The highest BCUT2D eigenvalue weighted by Gasteiger charge is 2.35. The molecule has 226 valence electrons. The van der Waals surface area contributed by atoms with Crippen molar-refractivity contribution in [2.45, 2.75) is 50.7 Å². The van der Waals surface area contributed by atoms with Gasteiger partial charge in [0.25, 0.3) is 10.0 Å². The van der Waals surface area contributed by atoms with Gasteiger partial charge in [-0.25, -0.2) is 8.42 Å². The summed E-state index contributed by atoms with van der Waals surface area (Å²) in [5, 5.41) is 2.89. The van der Waals surface area contributed by atoms with Gasteiger partial charge in [0.15, 0.2) is 0 Å². The number of ether oxygens (including phenoxy) is 3. The molecule has 3 aromatic carbocycles. The van der Waals surface area contributed by atoms with Crippen LogP contribution in [0, 0.1) is 0 Å². The minimum Gasteiger partial charge on any atom is -0.497 e. The zero-order valence-electron chi connectivity index (χ0n) is 24.9. The number of hydrogen-bond donors (Lipinski definition) is 1. The van der Waals surface area contributed by atoms with Crippen molar-refractivity contribution in [3.63, 3.8) is 0 Å². The third kappa shape index (κ3) is 7.73. The molecule has 3 rings (SSSR count). The van der Waals surface area contributed by atoms with Crippen LogP contribution in [0.5, 0.6) is 17.2 Å². The predicted molar refractivity (Wildman–Crippen MR) is 161 cm³/mol. The van der Waals surface area contributed by atoms with Gasteiger partial charge in [-0.15, -0.1) is 0 Å². The lowest BCUT2D eigenvalue weighted by atomic mass is 10.1. The Morgan fingerprint density at radius 2 is 1.48 bits per heavy atom. The minimum absolute atomic E-state index is 0.00558. The summed E-state index contributed by atoms with van der Waals surface area (Å²) in [6.45, 7) is 4.96. The Labute approximate surface area is 248 Å².